The molecule has 5 nitrogen and oxygen atoms in total. The van der Waals surface area contributed by atoms with Crippen molar-refractivity contribution in [1.82, 2.24) is 0 Å². The van der Waals surface area contributed by atoms with Gasteiger partial charge in [0.15, 0.2) is 8.38 Å². The summed E-state index contributed by atoms with van der Waals surface area (Å²) < 4.78 is 34.1. The Balaban J connectivity index is 4.75. The van der Waals surface area contributed by atoms with Gasteiger partial charge in [0.25, 0.3) is 0 Å². The minimum Gasteiger partial charge on any atom is -0.334 e. The molecule has 17 heavy (non-hydrogen) atoms. The molecule has 1 atom stereocenters. The van der Waals surface area contributed by atoms with Crippen molar-refractivity contribution in [1.29, 1.82) is 0 Å². The lowest BCUT2D eigenvalue weighted by molar-refractivity contribution is 0.212. The maximum absolute atomic E-state index is 12.5. The Bertz CT molecular complexity index is 221. The fourth-order valence-corrected chi connectivity index (χ4v) is 5.20. The fraction of sp³-hybridized carbons (Fsp3) is 1.00. The summed E-state index contributed by atoms with van der Waals surface area (Å²) in [6.45, 7) is 10.9. The molecule has 0 heterocycles. The van der Waals surface area contributed by atoms with Gasteiger partial charge < -0.3 is 18.1 Å². The third-order valence-electron chi connectivity index (χ3n) is 1.89. The molecule has 0 saturated heterocycles. The van der Waals surface area contributed by atoms with Crippen molar-refractivity contribution in [3.05, 3.63) is 0 Å². The number of hydrogen-bond donors (Lipinski definition) is 0. The first kappa shape index (κ1) is 17.5. The second kappa shape index (κ2) is 9.43. The predicted octanol–water partition coefficient (Wildman–Crippen LogP) is 3.98. The highest BCUT2D eigenvalue weighted by Gasteiger charge is 2.39. The Morgan fingerprint density at radius 2 is 1.35 bits per heavy atom. The molecular weight excluding hydrogens is 262 g/mol. The minimum absolute atomic E-state index is 0.350. The van der Waals surface area contributed by atoms with E-state index >= 15 is 0 Å². The van der Waals surface area contributed by atoms with Crippen LogP contribution in [0.3, 0.4) is 0 Å². The number of hydrogen-bond acceptors (Lipinski definition) is 5. The maximum Gasteiger partial charge on any atom is 0.342 e. The summed E-state index contributed by atoms with van der Waals surface area (Å²) >= 11 is 0. The van der Waals surface area contributed by atoms with E-state index in [-0.39, 0.29) is 5.40 Å². The highest BCUT2D eigenvalue weighted by Crippen LogP contribution is 2.65. The van der Waals surface area contributed by atoms with E-state index in [0.717, 1.165) is 0 Å². The van der Waals surface area contributed by atoms with Gasteiger partial charge >= 0.3 is 7.60 Å². The van der Waals surface area contributed by atoms with E-state index in [9.17, 15) is 4.57 Å². The van der Waals surface area contributed by atoms with Gasteiger partial charge in [-0.05, 0) is 34.6 Å². The monoisotopic (exact) mass is 286 g/mol. The van der Waals surface area contributed by atoms with Crippen molar-refractivity contribution in [2.24, 2.45) is 0 Å². The van der Waals surface area contributed by atoms with E-state index in [2.05, 4.69) is 0 Å². The normalized spacial score (nSPS) is 14.2. The van der Waals surface area contributed by atoms with Crippen LogP contribution in [0.4, 0.5) is 0 Å². The molecule has 0 aliphatic rings. The summed E-state index contributed by atoms with van der Waals surface area (Å²) in [6.07, 6.45) is 0. The molecule has 0 aromatic rings. The molecule has 0 aliphatic heterocycles. The second-order valence-electron chi connectivity index (χ2n) is 3.13. The second-order valence-corrected chi connectivity index (χ2v) is 7.77. The van der Waals surface area contributed by atoms with Crippen molar-refractivity contribution >= 4 is 16.0 Å². The maximum atomic E-state index is 12.5. The van der Waals surface area contributed by atoms with Crippen LogP contribution in [-0.4, -0.2) is 31.8 Å². The third kappa shape index (κ3) is 5.78. The summed E-state index contributed by atoms with van der Waals surface area (Å²) in [4.78, 5) is 0. The molecular formula is C10H24O5P2. The van der Waals surface area contributed by atoms with Crippen LogP contribution in [0.25, 0.3) is 0 Å². The van der Waals surface area contributed by atoms with Crippen molar-refractivity contribution in [3.8, 4) is 0 Å². The topological polar surface area (TPSA) is 54.0 Å². The van der Waals surface area contributed by atoms with Crippen LogP contribution >= 0.6 is 16.0 Å². The molecule has 0 aromatic carbocycles. The lowest BCUT2D eigenvalue weighted by Crippen LogP contribution is -2.11. The zero-order chi connectivity index (χ0) is 13.3. The standard InChI is InChI=1S/C10H24O5P2/c1-6-12-16(13-7-2)10(5)17(11,14-8-3)15-9-4/h10H,6-9H2,1-5H3. The van der Waals surface area contributed by atoms with E-state index in [1.807, 2.05) is 13.8 Å². The van der Waals surface area contributed by atoms with E-state index in [4.69, 9.17) is 18.1 Å². The summed E-state index contributed by atoms with van der Waals surface area (Å²) in [7, 11) is -4.39. The predicted molar refractivity (Wildman–Crippen MR) is 70.5 cm³/mol. The quantitative estimate of drug-likeness (QED) is 0.568. The molecule has 0 rings (SSSR count). The van der Waals surface area contributed by atoms with Gasteiger partial charge in [-0.15, -0.1) is 0 Å². The Morgan fingerprint density at radius 3 is 1.65 bits per heavy atom. The van der Waals surface area contributed by atoms with Gasteiger partial charge in [0.2, 0.25) is 0 Å². The van der Waals surface area contributed by atoms with Crippen LogP contribution in [0.1, 0.15) is 34.6 Å². The van der Waals surface area contributed by atoms with E-state index in [1.165, 1.54) is 0 Å². The largest absolute Gasteiger partial charge is 0.342 e. The van der Waals surface area contributed by atoms with Crippen LogP contribution in [-0.2, 0) is 22.7 Å². The van der Waals surface area contributed by atoms with Gasteiger partial charge in [0, 0.05) is 0 Å². The summed E-state index contributed by atoms with van der Waals surface area (Å²) in [5, 5.41) is -0.378. The molecule has 1 unspecified atom stereocenters. The zero-order valence-corrected chi connectivity index (χ0v) is 13.1. The molecule has 0 N–H and O–H groups in total. The molecule has 7 heteroatoms. The van der Waals surface area contributed by atoms with Crippen LogP contribution in [0, 0.1) is 0 Å². The zero-order valence-electron chi connectivity index (χ0n) is 11.3. The van der Waals surface area contributed by atoms with Gasteiger partial charge in [-0.3, -0.25) is 4.57 Å². The van der Waals surface area contributed by atoms with E-state index in [1.54, 1.807) is 20.8 Å². The highest BCUT2D eigenvalue weighted by molar-refractivity contribution is 7.69. The molecule has 0 aliphatic carbocycles. The minimum atomic E-state index is -3.15. The van der Waals surface area contributed by atoms with Gasteiger partial charge in [0.05, 0.1) is 26.4 Å². The van der Waals surface area contributed by atoms with Crippen molar-refractivity contribution in [2.75, 3.05) is 26.4 Å². The van der Waals surface area contributed by atoms with Gasteiger partial charge in [-0.2, -0.15) is 0 Å². The smallest absolute Gasteiger partial charge is 0.334 e. The lowest BCUT2D eigenvalue weighted by atomic mass is 10.9. The Hall–Kier alpha value is 0.500. The van der Waals surface area contributed by atoms with Crippen LogP contribution in [0.15, 0.2) is 0 Å². The van der Waals surface area contributed by atoms with Crippen LogP contribution in [0.5, 0.6) is 0 Å². The van der Waals surface area contributed by atoms with Crippen molar-refractivity contribution in [2.45, 2.75) is 40.0 Å². The SMILES string of the molecule is CCOP(OCC)C(C)P(=O)(OCC)OCC. The number of rotatable bonds is 10. The van der Waals surface area contributed by atoms with Crippen LogP contribution in [0.2, 0.25) is 0 Å². The first-order valence-corrected chi connectivity index (χ1v) is 8.85. The average Bonchev–Trinajstić information content (AvgIpc) is 2.28. The third-order valence-corrected chi connectivity index (χ3v) is 7.09. The summed E-state index contributed by atoms with van der Waals surface area (Å²) in [5.74, 6) is 0. The molecule has 0 saturated carbocycles. The fourth-order valence-electron chi connectivity index (χ4n) is 1.24. The van der Waals surface area contributed by atoms with Gasteiger partial charge in [-0.25, -0.2) is 0 Å². The molecule has 0 spiro atoms. The first-order chi connectivity index (χ1) is 8.05. The van der Waals surface area contributed by atoms with E-state index < -0.39 is 16.0 Å². The molecule has 0 radical (unpaired) electrons. The molecule has 0 aromatic heterocycles. The Morgan fingerprint density at radius 1 is 0.941 bits per heavy atom. The van der Waals surface area contributed by atoms with Crippen molar-refractivity contribution < 1.29 is 22.7 Å². The van der Waals surface area contributed by atoms with Crippen LogP contribution < -0.4 is 0 Å². The first-order valence-electron chi connectivity index (χ1n) is 5.99. The Labute approximate surface area is 106 Å². The van der Waals surface area contributed by atoms with Gasteiger partial charge in [-0.1, -0.05) is 0 Å². The lowest BCUT2D eigenvalue weighted by Gasteiger charge is -2.28. The summed E-state index contributed by atoms with van der Waals surface area (Å²) in [5.41, 5.74) is 0. The molecule has 0 fully saturated rings. The average molecular weight is 286 g/mol. The molecule has 104 valence electrons. The Kier molecular flexibility index (Phi) is 9.71. The highest BCUT2D eigenvalue weighted by atomic mass is 31.2. The summed E-state index contributed by atoms with van der Waals surface area (Å²) in [6, 6.07) is 0. The molecule has 0 amide bonds. The van der Waals surface area contributed by atoms with E-state index in [0.29, 0.717) is 26.4 Å². The van der Waals surface area contributed by atoms with Crippen molar-refractivity contribution in [3.63, 3.8) is 0 Å². The van der Waals surface area contributed by atoms with Gasteiger partial charge in [0.1, 0.15) is 5.40 Å². The molecule has 0 bridgehead atoms.